The van der Waals surface area contributed by atoms with Crippen LogP contribution in [0.25, 0.3) is 0 Å². The third kappa shape index (κ3) is 8.72. The van der Waals surface area contributed by atoms with Crippen LogP contribution in [0.15, 0.2) is 0 Å². The average molecular weight is 433 g/mol. The molecule has 28 heavy (non-hydrogen) atoms. The van der Waals surface area contributed by atoms with Gasteiger partial charge in [-0.15, -0.1) is 0 Å². The molecule has 4 amide bonds. The van der Waals surface area contributed by atoms with E-state index < -0.39 is 12.1 Å². The van der Waals surface area contributed by atoms with Crippen LogP contribution in [0.4, 0.5) is 0 Å². The molecule has 4 N–H and O–H groups in total. The Kier molecular flexibility index (Phi) is 11.4. The van der Waals surface area contributed by atoms with Crippen LogP contribution in [0.1, 0.15) is 52.4 Å². The molecular formula is C18H32N4O4S2. The van der Waals surface area contributed by atoms with Crippen molar-refractivity contribution >= 4 is 48.9 Å². The van der Waals surface area contributed by atoms with E-state index in [0.29, 0.717) is 24.3 Å². The molecule has 1 saturated carbocycles. The van der Waals surface area contributed by atoms with Crippen LogP contribution in [-0.2, 0) is 19.2 Å². The van der Waals surface area contributed by atoms with Crippen LogP contribution >= 0.6 is 25.3 Å². The number of carbonyl (C=O) groups excluding carboxylic acids is 4. The van der Waals surface area contributed by atoms with Crippen LogP contribution in [-0.4, -0.2) is 59.3 Å². The first-order valence-electron chi connectivity index (χ1n) is 9.65. The molecule has 0 saturated heterocycles. The van der Waals surface area contributed by atoms with Crippen molar-refractivity contribution < 1.29 is 19.2 Å². The Morgan fingerprint density at radius 3 is 1.43 bits per heavy atom. The van der Waals surface area contributed by atoms with Crippen molar-refractivity contribution in [2.45, 2.75) is 76.5 Å². The second-order valence-electron chi connectivity index (χ2n) is 7.05. The molecule has 4 atom stereocenters. The Hall–Kier alpha value is -1.42. The van der Waals surface area contributed by atoms with E-state index in [1.807, 2.05) is 0 Å². The van der Waals surface area contributed by atoms with E-state index in [1.165, 1.54) is 13.8 Å². The molecule has 0 aromatic heterocycles. The average Bonchev–Trinajstić information content (AvgIpc) is 2.61. The standard InChI is InChI=1S/C18H32N4O4S2/c1-11(23)19-15(7-9-27)17(25)21-13-5-3-4-6-14(13)22-18(26)16(8-10-28)20-12(2)24/h13-16,27-28H,3-10H2,1-2H3,(H,19,23)(H,20,24)(H,21,25)(H,22,26). The van der Waals surface area contributed by atoms with Crippen molar-refractivity contribution in [1.29, 1.82) is 0 Å². The normalized spacial score (nSPS) is 21.1. The molecule has 0 heterocycles. The first-order valence-corrected chi connectivity index (χ1v) is 10.9. The Labute approximate surface area is 177 Å². The molecule has 4 unspecified atom stereocenters. The molecule has 0 radical (unpaired) electrons. The molecule has 0 aromatic rings. The smallest absolute Gasteiger partial charge is 0.242 e. The van der Waals surface area contributed by atoms with Gasteiger partial charge in [-0.3, -0.25) is 19.2 Å². The summed E-state index contributed by atoms with van der Waals surface area (Å²) in [7, 11) is 0. The Balaban J connectivity index is 2.76. The summed E-state index contributed by atoms with van der Waals surface area (Å²) in [6.07, 6.45) is 4.21. The Bertz CT molecular complexity index is 514. The Morgan fingerprint density at radius 1 is 0.786 bits per heavy atom. The van der Waals surface area contributed by atoms with Crippen LogP contribution in [0, 0.1) is 0 Å². The largest absolute Gasteiger partial charge is 0.350 e. The van der Waals surface area contributed by atoms with Gasteiger partial charge in [-0.2, -0.15) is 25.3 Å². The summed E-state index contributed by atoms with van der Waals surface area (Å²) >= 11 is 8.29. The molecule has 160 valence electrons. The van der Waals surface area contributed by atoms with Gasteiger partial charge in [0.2, 0.25) is 23.6 Å². The highest BCUT2D eigenvalue weighted by molar-refractivity contribution is 7.80. The molecule has 10 heteroatoms. The van der Waals surface area contributed by atoms with Gasteiger partial charge in [-0.05, 0) is 37.2 Å². The van der Waals surface area contributed by atoms with E-state index in [1.54, 1.807) is 0 Å². The Morgan fingerprint density at radius 2 is 1.14 bits per heavy atom. The lowest BCUT2D eigenvalue weighted by Crippen LogP contribution is -2.59. The van der Waals surface area contributed by atoms with Crippen molar-refractivity contribution in [2.24, 2.45) is 0 Å². The highest BCUT2D eigenvalue weighted by atomic mass is 32.1. The molecule has 1 aliphatic rings. The van der Waals surface area contributed by atoms with Crippen molar-refractivity contribution in [2.75, 3.05) is 11.5 Å². The maximum Gasteiger partial charge on any atom is 0.242 e. The number of carbonyl (C=O) groups is 4. The molecule has 0 aromatic carbocycles. The van der Waals surface area contributed by atoms with Gasteiger partial charge in [0.25, 0.3) is 0 Å². The molecular weight excluding hydrogens is 400 g/mol. The van der Waals surface area contributed by atoms with Gasteiger partial charge >= 0.3 is 0 Å². The molecule has 1 fully saturated rings. The van der Waals surface area contributed by atoms with Crippen LogP contribution < -0.4 is 21.3 Å². The molecule has 0 bridgehead atoms. The highest BCUT2D eigenvalue weighted by Gasteiger charge is 2.31. The monoisotopic (exact) mass is 432 g/mol. The minimum absolute atomic E-state index is 0.227. The van der Waals surface area contributed by atoms with Crippen molar-refractivity contribution in [3.8, 4) is 0 Å². The topological polar surface area (TPSA) is 116 Å². The van der Waals surface area contributed by atoms with Crippen molar-refractivity contribution in [1.82, 2.24) is 21.3 Å². The number of nitrogens with one attached hydrogen (secondary N) is 4. The molecule has 0 aliphatic heterocycles. The molecule has 1 aliphatic carbocycles. The minimum atomic E-state index is -0.649. The molecule has 8 nitrogen and oxygen atoms in total. The summed E-state index contributed by atoms with van der Waals surface area (Å²) in [6.45, 7) is 2.73. The number of hydrogen-bond donors (Lipinski definition) is 6. The minimum Gasteiger partial charge on any atom is -0.350 e. The fourth-order valence-electron chi connectivity index (χ4n) is 3.33. The second kappa shape index (κ2) is 12.9. The lowest BCUT2D eigenvalue weighted by Gasteiger charge is -2.34. The number of rotatable bonds is 10. The quantitative estimate of drug-likeness (QED) is 0.276. The van der Waals surface area contributed by atoms with E-state index in [0.717, 1.165) is 25.7 Å². The maximum absolute atomic E-state index is 12.6. The second-order valence-corrected chi connectivity index (χ2v) is 7.94. The van der Waals surface area contributed by atoms with Gasteiger partial charge in [0.05, 0.1) is 0 Å². The first-order chi connectivity index (χ1) is 13.3. The van der Waals surface area contributed by atoms with Crippen molar-refractivity contribution in [3.05, 3.63) is 0 Å². The summed E-state index contributed by atoms with van der Waals surface area (Å²) < 4.78 is 0. The zero-order chi connectivity index (χ0) is 21.1. The van der Waals surface area contributed by atoms with Gasteiger partial charge in [0, 0.05) is 25.9 Å². The van der Waals surface area contributed by atoms with E-state index in [4.69, 9.17) is 0 Å². The van der Waals surface area contributed by atoms with Crippen LogP contribution in [0.5, 0.6) is 0 Å². The van der Waals surface area contributed by atoms with Crippen molar-refractivity contribution in [3.63, 3.8) is 0 Å². The third-order valence-corrected chi connectivity index (χ3v) is 5.16. The molecule has 1 rings (SSSR count). The van der Waals surface area contributed by atoms with Gasteiger partial charge in [-0.25, -0.2) is 0 Å². The van der Waals surface area contributed by atoms with Crippen LogP contribution in [0.2, 0.25) is 0 Å². The first kappa shape index (κ1) is 24.6. The van der Waals surface area contributed by atoms with Gasteiger partial charge in [0.15, 0.2) is 0 Å². The third-order valence-electron chi connectivity index (χ3n) is 4.64. The summed E-state index contributed by atoms with van der Waals surface area (Å²) in [4.78, 5) is 47.9. The fourth-order valence-corrected chi connectivity index (χ4v) is 3.85. The summed E-state index contributed by atoms with van der Waals surface area (Å²) in [6, 6.07) is -1.75. The van der Waals surface area contributed by atoms with Gasteiger partial charge in [0.1, 0.15) is 12.1 Å². The molecule has 0 spiro atoms. The van der Waals surface area contributed by atoms with Gasteiger partial charge < -0.3 is 21.3 Å². The maximum atomic E-state index is 12.6. The fraction of sp³-hybridized carbons (Fsp3) is 0.778. The van der Waals surface area contributed by atoms with Crippen LogP contribution in [0.3, 0.4) is 0 Å². The zero-order valence-corrected chi connectivity index (χ0v) is 18.3. The lowest BCUT2D eigenvalue weighted by atomic mass is 9.89. The summed E-state index contributed by atoms with van der Waals surface area (Å²) in [5, 5.41) is 11.2. The number of hydrogen-bond acceptors (Lipinski definition) is 6. The van der Waals surface area contributed by atoms with Gasteiger partial charge in [-0.1, -0.05) is 12.8 Å². The predicted molar refractivity (Wildman–Crippen MR) is 114 cm³/mol. The van der Waals surface area contributed by atoms with E-state index in [2.05, 4.69) is 46.5 Å². The van der Waals surface area contributed by atoms with E-state index in [9.17, 15) is 19.2 Å². The van der Waals surface area contributed by atoms with E-state index >= 15 is 0 Å². The number of thiol groups is 2. The lowest BCUT2D eigenvalue weighted by molar-refractivity contribution is -0.130. The zero-order valence-electron chi connectivity index (χ0n) is 16.5. The summed E-state index contributed by atoms with van der Waals surface area (Å²) in [5.74, 6) is -0.176. The predicted octanol–water partition coefficient (Wildman–Crippen LogP) is 0.179. The highest BCUT2D eigenvalue weighted by Crippen LogP contribution is 2.19. The summed E-state index contributed by atoms with van der Waals surface area (Å²) in [5.41, 5.74) is 0. The SMILES string of the molecule is CC(=O)NC(CCS)C(=O)NC1CCCCC1NC(=O)C(CCS)NC(C)=O. The number of amides is 4. The van der Waals surface area contributed by atoms with E-state index in [-0.39, 0.29) is 35.7 Å².